The van der Waals surface area contributed by atoms with Gasteiger partial charge in [0.05, 0.1) is 80.5 Å². The van der Waals surface area contributed by atoms with E-state index in [2.05, 4.69) is 118 Å². The maximum atomic E-state index is 13.7. The number of hydrogen-bond acceptors (Lipinski definition) is 14. The lowest BCUT2D eigenvalue weighted by atomic mass is 9.71. The highest BCUT2D eigenvalue weighted by atomic mass is 35.5. The summed E-state index contributed by atoms with van der Waals surface area (Å²) in [6.07, 6.45) is 16.6. The van der Waals surface area contributed by atoms with Gasteiger partial charge in [-0.05, 0) is 99.3 Å². The van der Waals surface area contributed by atoms with Crippen molar-refractivity contribution < 1.29 is 23.9 Å². The van der Waals surface area contributed by atoms with E-state index in [4.69, 9.17) is 16.6 Å². The number of imidazole rings is 3. The van der Waals surface area contributed by atoms with Crippen LogP contribution in [-0.2, 0) is 21.0 Å². The normalized spacial score (nSPS) is 12.6. The van der Waals surface area contributed by atoms with E-state index in [1.807, 2.05) is 188 Å². The second kappa shape index (κ2) is 30.5. The first-order chi connectivity index (χ1) is 49.8. The molecule has 22 heteroatoms. The molecule has 5 aromatic carbocycles. The molecular weight excluding hydrogens is 1390 g/mol. The molecule has 3 atom stereocenters. The molecule has 3 unspecified atom stereocenters. The molecule has 0 radical (unpaired) electrons. The Labute approximate surface area is 616 Å². The molecule has 0 saturated heterocycles. The standard InChI is InChI=1S/C28H26N4O2S.C27H22ClFN4OS.C26H24N4OS2/c1-28(2,26(34)31-27-29-13-14-35-27)24(20-8-4-3-5-9-20)22-11-12-23-25(30-18-32(23)16-22)21-10-6-7-19(15-21)17-33;1-27(2,25(34)32-26-30-12-13-35-26)23(17-6-4-3-5-7-17)19-9-11-22-24(31-16-33(22)15-19)18-8-10-21(29)20(28)14-18;1-17-14-32-15-20(17)23-21-10-9-19(13-30(21)16-28-23)22(18-7-5-4-6-8-18)26(2,3)24(31)29-25-27-11-12-33-25/h3-16,18,24,33H,17H2,1-2H3,(H,29,31,34);3-16,23H,1-2H3,(H,30,32,34);4-16,22H,1-3H3,(H,27,29,31). The highest BCUT2D eigenvalue weighted by Gasteiger charge is 2.42. The molecule has 10 aromatic heterocycles. The number of benzene rings is 5. The number of rotatable bonds is 19. The Morgan fingerprint density at radius 2 is 0.854 bits per heavy atom. The quantitative estimate of drug-likeness (QED) is 0.0604. The number of carbonyl (C=O) groups excluding carboxylic acids is 3. The van der Waals surface area contributed by atoms with Crippen LogP contribution in [0.25, 0.3) is 50.3 Å². The van der Waals surface area contributed by atoms with E-state index in [9.17, 15) is 23.9 Å². The third-order valence-electron chi connectivity index (χ3n) is 18.6. The molecule has 15 rings (SSSR count). The number of aliphatic hydroxyl groups is 1. The summed E-state index contributed by atoms with van der Waals surface area (Å²) in [6, 6.07) is 55.0. The molecular formula is C81H72ClFN12O4S4. The number of anilines is 3. The zero-order valence-electron chi connectivity index (χ0n) is 57.3. The van der Waals surface area contributed by atoms with Gasteiger partial charge in [0.1, 0.15) is 5.82 Å². The molecule has 4 N–H and O–H groups in total. The van der Waals surface area contributed by atoms with Gasteiger partial charge in [0.25, 0.3) is 0 Å². The summed E-state index contributed by atoms with van der Waals surface area (Å²) in [6.45, 7) is 13.9. The molecule has 0 aliphatic heterocycles. The fraction of sp³-hybridized carbons (Fsp3) is 0.173. The number of carbonyl (C=O) groups is 3. The van der Waals surface area contributed by atoms with Crippen molar-refractivity contribution in [2.45, 2.75) is 72.8 Å². The SMILES string of the molecule is CC(C)(C(=O)Nc1nccs1)C(c1ccccc1)c1ccc2c(-c3ccc(F)c(Cl)c3)ncn2c1.CC(C)(C(=O)Nc1nccs1)C(c1ccccc1)c1ccc2c(-c3cccc(CO)c3)ncn2c1.Cc1cscc1-c1ncn2cc(C(c3ccccc3)C(C)(C)C(=O)Nc3nccs3)ccc12. The maximum absolute atomic E-state index is 13.7. The minimum Gasteiger partial charge on any atom is -0.392 e. The molecule has 16 nitrogen and oxygen atoms in total. The van der Waals surface area contributed by atoms with Crippen LogP contribution >= 0.6 is 56.9 Å². The van der Waals surface area contributed by atoms with E-state index in [1.165, 1.54) is 45.6 Å². The topological polar surface area (TPSA) is 198 Å². The molecule has 0 bridgehead atoms. The van der Waals surface area contributed by atoms with Gasteiger partial charge in [-0.15, -0.1) is 34.0 Å². The van der Waals surface area contributed by atoms with E-state index in [0.29, 0.717) is 21.1 Å². The number of hydrogen-bond donors (Lipinski definition) is 4. The van der Waals surface area contributed by atoms with Gasteiger partial charge in [0.2, 0.25) is 17.7 Å². The van der Waals surface area contributed by atoms with Crippen molar-refractivity contribution in [2.75, 3.05) is 16.0 Å². The summed E-state index contributed by atoms with van der Waals surface area (Å²) in [4.78, 5) is 66.8. The second-order valence-corrected chi connectivity index (χ2v) is 30.4. The van der Waals surface area contributed by atoms with Crippen molar-refractivity contribution >= 4 is 107 Å². The summed E-state index contributed by atoms with van der Waals surface area (Å²) in [7, 11) is 0. The minimum absolute atomic E-state index is 0.0132. The fourth-order valence-corrected chi connectivity index (χ4v) is 15.9. The smallest absolute Gasteiger partial charge is 0.232 e. The molecule has 3 amide bonds. The lowest BCUT2D eigenvalue weighted by Crippen LogP contribution is -2.37. The van der Waals surface area contributed by atoms with Crippen LogP contribution in [0.4, 0.5) is 19.8 Å². The first-order valence-corrected chi connectivity index (χ1v) is 37.1. The van der Waals surface area contributed by atoms with Crippen LogP contribution in [0.3, 0.4) is 0 Å². The number of aliphatic hydroxyl groups excluding tert-OH is 1. The average molecular weight is 1460 g/mol. The molecule has 103 heavy (non-hydrogen) atoms. The molecule has 518 valence electrons. The number of aryl methyl sites for hydroxylation is 1. The number of nitrogens with zero attached hydrogens (tertiary/aromatic N) is 9. The van der Waals surface area contributed by atoms with Gasteiger partial charge in [-0.3, -0.25) is 14.4 Å². The number of thiophene rings is 1. The number of halogens is 2. The van der Waals surface area contributed by atoms with Crippen LogP contribution in [0.2, 0.25) is 5.02 Å². The van der Waals surface area contributed by atoms with Crippen molar-refractivity contribution in [3.8, 4) is 33.8 Å². The molecule has 0 saturated carbocycles. The van der Waals surface area contributed by atoms with Gasteiger partial charge in [-0.25, -0.2) is 34.3 Å². The van der Waals surface area contributed by atoms with E-state index in [-0.39, 0.29) is 47.1 Å². The van der Waals surface area contributed by atoms with Crippen LogP contribution in [0.15, 0.2) is 253 Å². The predicted octanol–water partition coefficient (Wildman–Crippen LogP) is 19.4. The highest BCUT2D eigenvalue weighted by Crippen LogP contribution is 2.46. The van der Waals surface area contributed by atoms with E-state index >= 15 is 0 Å². The number of thiazole rings is 3. The minimum atomic E-state index is -0.797. The Morgan fingerprint density at radius 3 is 1.21 bits per heavy atom. The monoisotopic (exact) mass is 1460 g/mol. The Hall–Kier alpha value is -10.7. The second-order valence-electron chi connectivity index (χ2n) is 26.6. The zero-order chi connectivity index (χ0) is 72.0. The molecule has 0 aliphatic carbocycles. The van der Waals surface area contributed by atoms with Crippen molar-refractivity contribution in [3.05, 3.63) is 308 Å². The Morgan fingerprint density at radius 1 is 0.466 bits per heavy atom. The predicted molar refractivity (Wildman–Crippen MR) is 414 cm³/mol. The molecule has 0 fully saturated rings. The summed E-state index contributed by atoms with van der Waals surface area (Å²) in [5, 5.41) is 30.1. The van der Waals surface area contributed by atoms with Gasteiger partial charge < -0.3 is 34.3 Å². The number of pyridine rings is 3. The van der Waals surface area contributed by atoms with Crippen molar-refractivity contribution in [3.63, 3.8) is 0 Å². The third-order valence-corrected chi connectivity index (χ3v) is 21.8. The van der Waals surface area contributed by atoms with E-state index in [0.717, 1.165) is 83.6 Å². The Bertz CT molecular complexity index is 5430. The van der Waals surface area contributed by atoms with Crippen molar-refractivity contribution in [2.24, 2.45) is 16.2 Å². The van der Waals surface area contributed by atoms with Crippen molar-refractivity contribution in [1.82, 2.24) is 43.1 Å². The largest absolute Gasteiger partial charge is 0.392 e. The van der Waals surface area contributed by atoms with Crippen LogP contribution in [-0.4, -0.2) is 65.9 Å². The fourth-order valence-electron chi connectivity index (χ4n) is 13.3. The maximum Gasteiger partial charge on any atom is 0.232 e. The number of aromatic nitrogens is 9. The van der Waals surface area contributed by atoms with E-state index in [1.54, 1.807) is 54.7 Å². The van der Waals surface area contributed by atoms with Gasteiger partial charge in [0.15, 0.2) is 15.4 Å². The lowest BCUT2D eigenvalue weighted by Gasteiger charge is -2.33. The summed E-state index contributed by atoms with van der Waals surface area (Å²) < 4.78 is 19.6. The van der Waals surface area contributed by atoms with Gasteiger partial charge in [-0.2, -0.15) is 11.3 Å². The molecule has 15 aromatic rings. The summed E-state index contributed by atoms with van der Waals surface area (Å²) >= 11 is 11.9. The van der Waals surface area contributed by atoms with Crippen LogP contribution in [0.5, 0.6) is 0 Å². The van der Waals surface area contributed by atoms with Gasteiger partial charge in [0, 0.05) is 93.1 Å². The molecule has 0 spiro atoms. The van der Waals surface area contributed by atoms with Crippen LogP contribution in [0.1, 0.15) is 104 Å². The Balaban J connectivity index is 0.000000138. The zero-order valence-corrected chi connectivity index (χ0v) is 61.3. The van der Waals surface area contributed by atoms with Crippen LogP contribution < -0.4 is 16.0 Å². The third kappa shape index (κ3) is 15.2. The van der Waals surface area contributed by atoms with Gasteiger partial charge >= 0.3 is 0 Å². The first kappa shape index (κ1) is 70.8. The Kier molecular flexibility index (Phi) is 21.0. The van der Waals surface area contributed by atoms with E-state index < -0.39 is 22.1 Å². The average Bonchev–Trinajstić information content (AvgIpc) is 1.76. The lowest BCUT2D eigenvalue weighted by molar-refractivity contribution is -0.125. The molecule has 0 aliphatic rings. The van der Waals surface area contributed by atoms with Gasteiger partial charge in [-0.1, -0.05) is 181 Å². The summed E-state index contributed by atoms with van der Waals surface area (Å²) in [5.41, 5.74) is 14.2. The van der Waals surface area contributed by atoms with Crippen molar-refractivity contribution in [1.29, 1.82) is 0 Å². The molecule has 10 heterocycles. The number of amides is 3. The summed E-state index contributed by atoms with van der Waals surface area (Å²) in [5.74, 6) is -1.33. The van der Waals surface area contributed by atoms with Crippen LogP contribution in [0, 0.1) is 29.0 Å². The number of fused-ring (bicyclic) bond motifs is 3. The highest BCUT2D eigenvalue weighted by molar-refractivity contribution is 7.14. The number of nitrogens with one attached hydrogen (secondary N) is 3. The first-order valence-electron chi connectivity index (χ1n) is 33.1.